The predicted molar refractivity (Wildman–Crippen MR) is 80.6 cm³/mol. The van der Waals surface area contributed by atoms with Crippen LogP contribution in [0.4, 0.5) is 4.79 Å². The van der Waals surface area contributed by atoms with Crippen LogP contribution in [-0.4, -0.2) is 26.4 Å². The summed E-state index contributed by atoms with van der Waals surface area (Å²) in [6.45, 7) is 13.3. The molecule has 0 saturated carbocycles. The molecule has 1 aromatic heterocycles. The number of hydrogen-bond donors (Lipinski definition) is 1. The van der Waals surface area contributed by atoms with Crippen LogP contribution >= 0.6 is 0 Å². The molecule has 1 amide bonds. The van der Waals surface area contributed by atoms with Crippen molar-refractivity contribution in [3.63, 3.8) is 0 Å². The average molecular weight is 294 g/mol. The fourth-order valence-electron chi connectivity index (χ4n) is 2.49. The second-order valence-electron chi connectivity index (χ2n) is 7.50. The first-order chi connectivity index (χ1) is 9.53. The first-order valence-electron chi connectivity index (χ1n) is 7.31. The van der Waals surface area contributed by atoms with Crippen LogP contribution in [0.25, 0.3) is 0 Å². The van der Waals surface area contributed by atoms with E-state index in [0.717, 1.165) is 17.0 Å². The molecule has 0 radical (unpaired) electrons. The zero-order valence-electron chi connectivity index (χ0n) is 13.9. The summed E-state index contributed by atoms with van der Waals surface area (Å²) in [6.07, 6.45) is -0.300. The third kappa shape index (κ3) is 3.20. The molecule has 2 heterocycles. The molecular weight excluding hydrogens is 268 g/mol. The van der Waals surface area contributed by atoms with E-state index in [9.17, 15) is 4.79 Å². The van der Waals surface area contributed by atoms with Crippen molar-refractivity contribution in [3.05, 3.63) is 17.0 Å². The van der Waals surface area contributed by atoms with Gasteiger partial charge in [-0.15, -0.1) is 0 Å². The highest BCUT2D eigenvalue weighted by Crippen LogP contribution is 2.30. The van der Waals surface area contributed by atoms with E-state index in [-0.39, 0.29) is 11.6 Å². The van der Waals surface area contributed by atoms with E-state index in [2.05, 4.69) is 25.9 Å². The Morgan fingerprint density at radius 2 is 1.86 bits per heavy atom. The van der Waals surface area contributed by atoms with Gasteiger partial charge in [0.25, 0.3) is 0 Å². The quantitative estimate of drug-likeness (QED) is 0.863. The van der Waals surface area contributed by atoms with Crippen molar-refractivity contribution in [1.82, 2.24) is 14.7 Å². The van der Waals surface area contributed by atoms with Crippen LogP contribution in [0.1, 0.15) is 58.5 Å². The molecule has 6 heteroatoms. The number of fused-ring (bicyclic) bond motifs is 1. The lowest BCUT2D eigenvalue weighted by Crippen LogP contribution is -2.34. The minimum Gasteiger partial charge on any atom is -0.444 e. The van der Waals surface area contributed by atoms with E-state index in [1.807, 2.05) is 25.5 Å². The van der Waals surface area contributed by atoms with Crippen molar-refractivity contribution in [2.75, 3.05) is 0 Å². The Morgan fingerprint density at radius 1 is 1.24 bits per heavy atom. The van der Waals surface area contributed by atoms with Crippen molar-refractivity contribution in [2.45, 2.75) is 72.3 Å². The van der Waals surface area contributed by atoms with Crippen molar-refractivity contribution < 1.29 is 9.53 Å². The molecule has 0 aliphatic carbocycles. The van der Waals surface area contributed by atoms with Gasteiger partial charge in [0.1, 0.15) is 5.60 Å². The second-order valence-corrected chi connectivity index (χ2v) is 7.50. The summed E-state index contributed by atoms with van der Waals surface area (Å²) >= 11 is 0. The van der Waals surface area contributed by atoms with Gasteiger partial charge in [-0.25, -0.2) is 4.79 Å². The second kappa shape index (κ2) is 5.02. The standard InChI is InChI=1S/C15H26N4O2/c1-14(2,3)19-12(7-16)10-8-18(9-11(10)17-19)13(20)21-15(4,5)6/h7-9,16H2,1-6H3. The Balaban J connectivity index is 2.21. The summed E-state index contributed by atoms with van der Waals surface area (Å²) in [4.78, 5) is 13.8. The minimum absolute atomic E-state index is 0.115. The van der Waals surface area contributed by atoms with E-state index in [4.69, 9.17) is 10.5 Å². The van der Waals surface area contributed by atoms with E-state index in [1.165, 1.54) is 0 Å². The lowest BCUT2D eigenvalue weighted by Gasteiger charge is -2.26. The molecule has 1 aliphatic heterocycles. The van der Waals surface area contributed by atoms with Crippen LogP contribution in [0.3, 0.4) is 0 Å². The molecule has 0 spiro atoms. The number of aromatic nitrogens is 2. The molecule has 0 bridgehead atoms. The van der Waals surface area contributed by atoms with Gasteiger partial charge < -0.3 is 10.5 Å². The molecule has 1 aromatic rings. The summed E-state index contributed by atoms with van der Waals surface area (Å²) < 4.78 is 7.39. The third-order valence-electron chi connectivity index (χ3n) is 3.34. The number of carbonyl (C=O) groups excluding carboxylic acids is 1. The van der Waals surface area contributed by atoms with Crippen LogP contribution in [0, 0.1) is 0 Å². The van der Waals surface area contributed by atoms with E-state index in [0.29, 0.717) is 19.6 Å². The fraction of sp³-hybridized carbons (Fsp3) is 0.733. The van der Waals surface area contributed by atoms with Gasteiger partial charge in [0.15, 0.2) is 0 Å². The smallest absolute Gasteiger partial charge is 0.410 e. The summed E-state index contributed by atoms with van der Waals surface area (Å²) in [6, 6.07) is 0. The molecule has 0 atom stereocenters. The molecule has 0 unspecified atom stereocenters. The van der Waals surface area contributed by atoms with Gasteiger partial charge in [-0.2, -0.15) is 5.10 Å². The highest BCUT2D eigenvalue weighted by molar-refractivity contribution is 5.69. The minimum atomic E-state index is -0.487. The first-order valence-corrected chi connectivity index (χ1v) is 7.31. The molecule has 1 aliphatic rings. The van der Waals surface area contributed by atoms with Crippen molar-refractivity contribution in [1.29, 1.82) is 0 Å². The lowest BCUT2D eigenvalue weighted by atomic mass is 10.1. The van der Waals surface area contributed by atoms with Gasteiger partial charge in [0.2, 0.25) is 0 Å². The van der Waals surface area contributed by atoms with Gasteiger partial charge in [-0.1, -0.05) is 0 Å². The number of nitrogens with zero attached hydrogens (tertiary/aromatic N) is 3. The molecule has 0 fully saturated rings. The van der Waals surface area contributed by atoms with Crippen LogP contribution in [-0.2, 0) is 29.9 Å². The van der Waals surface area contributed by atoms with Crippen LogP contribution in [0.5, 0.6) is 0 Å². The molecule has 0 saturated heterocycles. The highest BCUT2D eigenvalue weighted by Gasteiger charge is 2.34. The van der Waals surface area contributed by atoms with Gasteiger partial charge in [-0.05, 0) is 41.5 Å². The Kier molecular flexibility index (Phi) is 3.78. The highest BCUT2D eigenvalue weighted by atomic mass is 16.6. The number of nitrogens with two attached hydrogens (primary N) is 1. The molecular formula is C15H26N4O2. The predicted octanol–water partition coefficient (Wildman–Crippen LogP) is 2.35. The van der Waals surface area contributed by atoms with E-state index >= 15 is 0 Å². The van der Waals surface area contributed by atoms with Crippen molar-refractivity contribution in [3.8, 4) is 0 Å². The SMILES string of the molecule is CC(C)(C)OC(=O)N1Cc2nn(C(C)(C)C)c(CN)c2C1. The van der Waals surface area contributed by atoms with Crippen LogP contribution < -0.4 is 5.73 Å². The number of rotatable bonds is 1. The molecule has 118 valence electrons. The molecule has 0 aromatic carbocycles. The number of amides is 1. The van der Waals surface area contributed by atoms with Gasteiger partial charge in [0.05, 0.1) is 30.0 Å². The first kappa shape index (κ1) is 15.8. The van der Waals surface area contributed by atoms with E-state index in [1.54, 1.807) is 4.90 Å². The molecule has 2 rings (SSSR count). The summed E-state index contributed by atoms with van der Waals surface area (Å²) in [5.74, 6) is 0. The maximum absolute atomic E-state index is 12.1. The van der Waals surface area contributed by atoms with Crippen LogP contribution in [0.2, 0.25) is 0 Å². The zero-order valence-corrected chi connectivity index (χ0v) is 13.9. The third-order valence-corrected chi connectivity index (χ3v) is 3.34. The van der Waals surface area contributed by atoms with Crippen LogP contribution in [0.15, 0.2) is 0 Å². The zero-order chi connectivity index (χ0) is 16.0. The van der Waals surface area contributed by atoms with Crippen molar-refractivity contribution in [2.24, 2.45) is 5.73 Å². The Hall–Kier alpha value is -1.56. The number of hydrogen-bond acceptors (Lipinski definition) is 4. The van der Waals surface area contributed by atoms with Gasteiger partial charge in [0, 0.05) is 12.1 Å². The van der Waals surface area contributed by atoms with E-state index < -0.39 is 5.60 Å². The van der Waals surface area contributed by atoms with Gasteiger partial charge in [-0.3, -0.25) is 9.58 Å². The lowest BCUT2D eigenvalue weighted by molar-refractivity contribution is 0.0238. The number of ether oxygens (including phenoxy) is 1. The molecule has 6 nitrogen and oxygen atoms in total. The summed E-state index contributed by atoms with van der Waals surface area (Å²) in [5.41, 5.74) is 8.29. The summed E-state index contributed by atoms with van der Waals surface area (Å²) in [7, 11) is 0. The average Bonchev–Trinajstić information content (AvgIpc) is 2.81. The Morgan fingerprint density at radius 3 is 2.33 bits per heavy atom. The molecule has 21 heavy (non-hydrogen) atoms. The Bertz CT molecular complexity index is 549. The normalized spacial score (nSPS) is 15.3. The van der Waals surface area contributed by atoms with Crippen molar-refractivity contribution >= 4 is 6.09 Å². The molecule has 2 N–H and O–H groups in total. The Labute approximate surface area is 126 Å². The maximum Gasteiger partial charge on any atom is 0.410 e. The fourth-order valence-corrected chi connectivity index (χ4v) is 2.49. The van der Waals surface area contributed by atoms with Gasteiger partial charge >= 0.3 is 6.09 Å². The maximum atomic E-state index is 12.1. The largest absolute Gasteiger partial charge is 0.444 e. The number of carbonyl (C=O) groups is 1. The monoisotopic (exact) mass is 294 g/mol. The topological polar surface area (TPSA) is 73.4 Å². The summed E-state index contributed by atoms with van der Waals surface area (Å²) in [5, 5.41) is 4.65.